The molecule has 0 aliphatic carbocycles. The van der Waals surface area contributed by atoms with E-state index >= 15 is 0 Å². The average Bonchev–Trinajstić information content (AvgIpc) is 3.31. The SMILES string of the molecule is C[C@H](NCC(=O)N1CCN(C(=O)c2cccs2)CC1)c1cccc2ccccc12. The minimum absolute atomic E-state index is 0.0646. The highest BCUT2D eigenvalue weighted by Gasteiger charge is 2.25. The first-order valence-electron chi connectivity index (χ1n) is 9.95. The Kier molecular flexibility index (Phi) is 5.92. The maximum absolute atomic E-state index is 12.7. The smallest absolute Gasteiger partial charge is 0.264 e. The number of nitrogens with one attached hydrogen (secondary N) is 1. The van der Waals surface area contributed by atoms with Crippen molar-refractivity contribution < 1.29 is 9.59 Å². The topological polar surface area (TPSA) is 52.7 Å². The fourth-order valence-electron chi connectivity index (χ4n) is 3.81. The fraction of sp³-hybridized carbons (Fsp3) is 0.304. The van der Waals surface area contributed by atoms with Gasteiger partial charge in [-0.15, -0.1) is 11.3 Å². The van der Waals surface area contributed by atoms with Crippen molar-refractivity contribution in [2.45, 2.75) is 13.0 Å². The number of nitrogens with zero attached hydrogens (tertiary/aromatic N) is 2. The maximum Gasteiger partial charge on any atom is 0.264 e. The molecule has 0 unspecified atom stereocenters. The van der Waals surface area contributed by atoms with Crippen molar-refractivity contribution >= 4 is 33.9 Å². The summed E-state index contributed by atoms with van der Waals surface area (Å²) in [6, 6.07) is 18.4. The number of carbonyl (C=O) groups excluding carboxylic acids is 2. The van der Waals surface area contributed by atoms with Crippen LogP contribution in [-0.4, -0.2) is 54.3 Å². The Morgan fingerprint density at radius 1 is 0.966 bits per heavy atom. The number of fused-ring (bicyclic) bond motifs is 1. The van der Waals surface area contributed by atoms with Crippen LogP contribution in [0.3, 0.4) is 0 Å². The van der Waals surface area contributed by atoms with Gasteiger partial charge in [-0.25, -0.2) is 0 Å². The number of hydrogen-bond acceptors (Lipinski definition) is 4. The van der Waals surface area contributed by atoms with Gasteiger partial charge in [0.25, 0.3) is 5.91 Å². The minimum atomic E-state index is 0.0646. The van der Waals surface area contributed by atoms with Gasteiger partial charge in [0.15, 0.2) is 0 Å². The van der Waals surface area contributed by atoms with Gasteiger partial charge in [0, 0.05) is 32.2 Å². The summed E-state index contributed by atoms with van der Waals surface area (Å²) >= 11 is 1.46. The Morgan fingerprint density at radius 3 is 2.45 bits per heavy atom. The molecule has 1 aliphatic heterocycles. The second kappa shape index (κ2) is 8.76. The normalized spacial score (nSPS) is 15.5. The standard InChI is InChI=1S/C23H25N3O2S/c1-17(19-9-4-7-18-6-2-3-8-20(18)19)24-16-22(27)25-11-13-26(14-12-25)23(28)21-10-5-15-29-21/h2-10,15,17,24H,11-14,16H2,1H3/t17-/m0/s1. The first-order valence-corrected chi connectivity index (χ1v) is 10.8. The summed E-state index contributed by atoms with van der Waals surface area (Å²) in [6.07, 6.45) is 0. The van der Waals surface area contributed by atoms with E-state index in [1.54, 1.807) is 0 Å². The van der Waals surface area contributed by atoms with Crippen LogP contribution < -0.4 is 5.32 Å². The molecule has 0 radical (unpaired) electrons. The van der Waals surface area contributed by atoms with Crippen LogP contribution in [0.15, 0.2) is 60.0 Å². The lowest BCUT2D eigenvalue weighted by atomic mass is 10.00. The molecule has 5 nitrogen and oxygen atoms in total. The predicted octanol–water partition coefficient (Wildman–Crippen LogP) is 3.54. The van der Waals surface area contributed by atoms with Crippen molar-refractivity contribution in [3.8, 4) is 0 Å². The molecule has 2 amide bonds. The Hall–Kier alpha value is -2.70. The van der Waals surface area contributed by atoms with Crippen LogP contribution in [0.2, 0.25) is 0 Å². The van der Waals surface area contributed by atoms with Gasteiger partial charge in [0.05, 0.1) is 11.4 Å². The summed E-state index contributed by atoms with van der Waals surface area (Å²) in [4.78, 5) is 29.5. The predicted molar refractivity (Wildman–Crippen MR) is 117 cm³/mol. The fourth-order valence-corrected chi connectivity index (χ4v) is 4.50. The van der Waals surface area contributed by atoms with E-state index in [2.05, 4.69) is 42.6 Å². The Labute approximate surface area is 174 Å². The van der Waals surface area contributed by atoms with E-state index in [-0.39, 0.29) is 17.9 Å². The third-order valence-corrected chi connectivity index (χ3v) is 6.36. The van der Waals surface area contributed by atoms with Crippen molar-refractivity contribution in [2.75, 3.05) is 32.7 Å². The number of amides is 2. The first-order chi connectivity index (χ1) is 14.1. The largest absolute Gasteiger partial charge is 0.338 e. The van der Waals surface area contributed by atoms with Gasteiger partial charge in [-0.3, -0.25) is 9.59 Å². The second-order valence-electron chi connectivity index (χ2n) is 7.32. The zero-order valence-electron chi connectivity index (χ0n) is 16.5. The molecular weight excluding hydrogens is 382 g/mol. The van der Waals surface area contributed by atoms with Crippen LogP contribution in [-0.2, 0) is 4.79 Å². The summed E-state index contributed by atoms with van der Waals surface area (Å²) in [5.41, 5.74) is 1.20. The molecule has 1 aliphatic rings. The second-order valence-corrected chi connectivity index (χ2v) is 8.27. The summed E-state index contributed by atoms with van der Waals surface area (Å²) in [6.45, 7) is 4.72. The van der Waals surface area contributed by atoms with Crippen LogP contribution in [0, 0.1) is 0 Å². The van der Waals surface area contributed by atoms with Crippen LogP contribution in [0.5, 0.6) is 0 Å². The van der Waals surface area contributed by atoms with Gasteiger partial charge in [0.1, 0.15) is 0 Å². The number of benzene rings is 2. The van der Waals surface area contributed by atoms with E-state index in [9.17, 15) is 9.59 Å². The molecule has 2 heterocycles. The first kappa shape index (κ1) is 19.6. The quantitative estimate of drug-likeness (QED) is 0.704. The van der Waals surface area contributed by atoms with Gasteiger partial charge in [-0.2, -0.15) is 0 Å². The lowest BCUT2D eigenvalue weighted by Crippen LogP contribution is -2.52. The molecule has 0 spiro atoms. The Balaban J connectivity index is 1.30. The van der Waals surface area contributed by atoms with Gasteiger partial charge < -0.3 is 15.1 Å². The third-order valence-electron chi connectivity index (χ3n) is 5.50. The summed E-state index contributed by atoms with van der Waals surface area (Å²) in [5, 5.41) is 7.70. The highest BCUT2D eigenvalue weighted by molar-refractivity contribution is 7.12. The number of piperazine rings is 1. The molecule has 1 aromatic heterocycles. The van der Waals surface area contributed by atoms with Gasteiger partial charge in [-0.1, -0.05) is 48.5 Å². The van der Waals surface area contributed by atoms with Gasteiger partial charge in [-0.05, 0) is 34.7 Å². The molecule has 0 bridgehead atoms. The van der Waals surface area contributed by atoms with E-state index < -0.39 is 0 Å². The maximum atomic E-state index is 12.7. The van der Waals surface area contributed by atoms with Crippen molar-refractivity contribution in [3.63, 3.8) is 0 Å². The van der Waals surface area contributed by atoms with E-state index in [1.165, 1.54) is 27.7 Å². The lowest BCUT2D eigenvalue weighted by molar-refractivity contribution is -0.131. The van der Waals surface area contributed by atoms with Crippen molar-refractivity contribution in [1.29, 1.82) is 0 Å². The van der Waals surface area contributed by atoms with Gasteiger partial charge >= 0.3 is 0 Å². The monoisotopic (exact) mass is 407 g/mol. The van der Waals surface area contributed by atoms with Crippen LogP contribution >= 0.6 is 11.3 Å². The molecule has 0 saturated carbocycles. The highest BCUT2D eigenvalue weighted by atomic mass is 32.1. The van der Waals surface area contributed by atoms with E-state index in [1.807, 2.05) is 39.4 Å². The molecule has 4 rings (SSSR count). The third kappa shape index (κ3) is 4.33. The average molecular weight is 408 g/mol. The number of carbonyl (C=O) groups is 2. The van der Waals surface area contributed by atoms with Crippen LogP contribution in [0.1, 0.15) is 28.2 Å². The van der Waals surface area contributed by atoms with E-state index in [0.717, 1.165) is 4.88 Å². The van der Waals surface area contributed by atoms with Crippen LogP contribution in [0.4, 0.5) is 0 Å². The molecule has 29 heavy (non-hydrogen) atoms. The Morgan fingerprint density at radius 2 is 1.69 bits per heavy atom. The highest BCUT2D eigenvalue weighted by Crippen LogP contribution is 2.24. The molecule has 3 aromatic rings. The minimum Gasteiger partial charge on any atom is -0.338 e. The molecule has 1 atom stereocenters. The number of hydrogen-bond donors (Lipinski definition) is 1. The molecular formula is C23H25N3O2S. The van der Waals surface area contributed by atoms with E-state index in [4.69, 9.17) is 0 Å². The molecule has 6 heteroatoms. The van der Waals surface area contributed by atoms with Crippen LogP contribution in [0.25, 0.3) is 10.8 Å². The Bertz CT molecular complexity index is 989. The summed E-state index contributed by atoms with van der Waals surface area (Å²) < 4.78 is 0. The zero-order valence-corrected chi connectivity index (χ0v) is 17.3. The molecule has 1 N–H and O–H groups in total. The van der Waals surface area contributed by atoms with Crippen molar-refractivity contribution in [3.05, 3.63) is 70.4 Å². The van der Waals surface area contributed by atoms with Crippen molar-refractivity contribution in [1.82, 2.24) is 15.1 Å². The zero-order chi connectivity index (χ0) is 20.2. The lowest BCUT2D eigenvalue weighted by Gasteiger charge is -2.35. The molecule has 1 saturated heterocycles. The number of thiophene rings is 1. The number of rotatable bonds is 5. The van der Waals surface area contributed by atoms with E-state index in [0.29, 0.717) is 32.7 Å². The molecule has 1 fully saturated rings. The molecule has 150 valence electrons. The van der Waals surface area contributed by atoms with Gasteiger partial charge in [0.2, 0.25) is 5.91 Å². The van der Waals surface area contributed by atoms with Crippen molar-refractivity contribution in [2.24, 2.45) is 0 Å². The summed E-state index contributed by atoms with van der Waals surface area (Å²) in [5.74, 6) is 0.148. The summed E-state index contributed by atoms with van der Waals surface area (Å²) in [7, 11) is 0. The molecule has 2 aromatic carbocycles.